The molecular weight excluding hydrogens is 278 g/mol. The van der Waals surface area contributed by atoms with Gasteiger partial charge < -0.3 is 10.2 Å². The number of nitrogens with one attached hydrogen (secondary N) is 1. The van der Waals surface area contributed by atoms with Crippen LogP contribution in [0.2, 0.25) is 0 Å². The molecule has 0 heterocycles. The van der Waals surface area contributed by atoms with Crippen LogP contribution in [0.25, 0.3) is 0 Å². The van der Waals surface area contributed by atoms with Crippen molar-refractivity contribution < 1.29 is 0 Å². The Balaban J connectivity index is 2.57. The standard InChI is InChI=1S/C13H20BrN3/c1-4-9-16-13(15-2)17(3)10-11-5-7-12(14)8-6-11/h5-8H,4,9-10H2,1-3H3,(H,15,16). The molecule has 0 amide bonds. The highest BCUT2D eigenvalue weighted by molar-refractivity contribution is 9.10. The zero-order valence-corrected chi connectivity index (χ0v) is 12.3. The molecule has 1 rings (SSSR count). The number of hydrogen-bond donors (Lipinski definition) is 1. The summed E-state index contributed by atoms with van der Waals surface area (Å²) in [5.41, 5.74) is 1.27. The first-order chi connectivity index (χ1) is 8.17. The normalized spacial score (nSPS) is 11.4. The van der Waals surface area contributed by atoms with E-state index in [2.05, 4.69) is 62.3 Å². The lowest BCUT2D eigenvalue weighted by atomic mass is 10.2. The van der Waals surface area contributed by atoms with Crippen molar-refractivity contribution in [3.05, 3.63) is 34.3 Å². The Kier molecular flexibility index (Phi) is 6.05. The molecule has 0 radical (unpaired) electrons. The number of nitrogens with zero attached hydrogens (tertiary/aromatic N) is 2. The van der Waals surface area contributed by atoms with E-state index in [9.17, 15) is 0 Å². The smallest absolute Gasteiger partial charge is 0.193 e. The predicted octanol–water partition coefficient (Wildman–Crippen LogP) is 2.87. The zero-order valence-electron chi connectivity index (χ0n) is 10.7. The molecule has 0 spiro atoms. The van der Waals surface area contributed by atoms with Crippen molar-refractivity contribution in [2.75, 3.05) is 20.6 Å². The minimum absolute atomic E-state index is 0.858. The molecule has 0 aliphatic heterocycles. The Bertz CT molecular complexity index is 359. The lowest BCUT2D eigenvalue weighted by Gasteiger charge is -2.22. The maximum atomic E-state index is 4.26. The van der Waals surface area contributed by atoms with E-state index in [1.165, 1.54) is 5.56 Å². The molecule has 0 atom stereocenters. The molecule has 0 unspecified atom stereocenters. The Morgan fingerprint density at radius 3 is 2.53 bits per heavy atom. The second-order valence-electron chi connectivity index (χ2n) is 3.96. The molecule has 0 aliphatic carbocycles. The van der Waals surface area contributed by atoms with Gasteiger partial charge >= 0.3 is 0 Å². The average Bonchev–Trinajstić information content (AvgIpc) is 2.33. The molecule has 1 aromatic carbocycles. The van der Waals surface area contributed by atoms with Crippen LogP contribution >= 0.6 is 15.9 Å². The molecule has 0 bridgehead atoms. The Morgan fingerprint density at radius 2 is 2.00 bits per heavy atom. The molecule has 3 nitrogen and oxygen atoms in total. The molecule has 0 aliphatic rings. The summed E-state index contributed by atoms with van der Waals surface area (Å²) in [6.07, 6.45) is 1.10. The van der Waals surface area contributed by atoms with Crippen molar-refractivity contribution >= 4 is 21.9 Å². The van der Waals surface area contributed by atoms with Crippen molar-refractivity contribution in [1.29, 1.82) is 0 Å². The predicted molar refractivity (Wildman–Crippen MR) is 77.3 cm³/mol. The summed E-state index contributed by atoms with van der Waals surface area (Å²) in [6.45, 7) is 3.96. The van der Waals surface area contributed by atoms with E-state index in [4.69, 9.17) is 0 Å². The topological polar surface area (TPSA) is 27.6 Å². The van der Waals surface area contributed by atoms with E-state index in [0.717, 1.165) is 29.9 Å². The minimum Gasteiger partial charge on any atom is -0.356 e. The maximum Gasteiger partial charge on any atom is 0.193 e. The number of halogens is 1. The van der Waals surface area contributed by atoms with Crippen LogP contribution in [0.15, 0.2) is 33.7 Å². The highest BCUT2D eigenvalue weighted by Gasteiger charge is 2.05. The summed E-state index contributed by atoms with van der Waals surface area (Å²) < 4.78 is 1.11. The Labute approximate surface area is 112 Å². The second kappa shape index (κ2) is 7.33. The van der Waals surface area contributed by atoms with Gasteiger partial charge in [-0.1, -0.05) is 35.0 Å². The first-order valence-corrected chi connectivity index (χ1v) is 6.63. The van der Waals surface area contributed by atoms with Gasteiger partial charge in [-0.25, -0.2) is 0 Å². The van der Waals surface area contributed by atoms with Gasteiger partial charge in [0.1, 0.15) is 0 Å². The molecule has 17 heavy (non-hydrogen) atoms. The van der Waals surface area contributed by atoms with Crippen LogP contribution in [0.1, 0.15) is 18.9 Å². The van der Waals surface area contributed by atoms with Gasteiger partial charge in [-0.3, -0.25) is 4.99 Å². The van der Waals surface area contributed by atoms with E-state index in [-0.39, 0.29) is 0 Å². The molecule has 94 valence electrons. The third-order valence-electron chi connectivity index (χ3n) is 2.44. The van der Waals surface area contributed by atoms with Crippen molar-refractivity contribution in [2.45, 2.75) is 19.9 Å². The molecule has 0 aromatic heterocycles. The van der Waals surface area contributed by atoms with Crippen molar-refractivity contribution in [3.63, 3.8) is 0 Å². The summed E-state index contributed by atoms with van der Waals surface area (Å²) in [4.78, 5) is 6.39. The summed E-state index contributed by atoms with van der Waals surface area (Å²) in [5, 5.41) is 3.32. The van der Waals surface area contributed by atoms with Crippen molar-refractivity contribution in [1.82, 2.24) is 10.2 Å². The van der Waals surface area contributed by atoms with Crippen LogP contribution in [0.4, 0.5) is 0 Å². The number of hydrogen-bond acceptors (Lipinski definition) is 1. The van der Waals surface area contributed by atoms with Gasteiger partial charge in [-0.05, 0) is 24.1 Å². The summed E-state index contributed by atoms with van der Waals surface area (Å²) >= 11 is 3.44. The third-order valence-corrected chi connectivity index (χ3v) is 2.97. The minimum atomic E-state index is 0.858. The van der Waals surface area contributed by atoms with Gasteiger partial charge in [0.05, 0.1) is 0 Å². The molecular formula is C13H20BrN3. The largest absolute Gasteiger partial charge is 0.356 e. The summed E-state index contributed by atoms with van der Waals surface area (Å²) in [7, 11) is 3.86. The lowest BCUT2D eigenvalue weighted by molar-refractivity contribution is 0.477. The van der Waals surface area contributed by atoms with Crippen LogP contribution in [-0.4, -0.2) is 31.5 Å². The van der Waals surface area contributed by atoms with Crippen LogP contribution in [0.5, 0.6) is 0 Å². The molecule has 0 saturated carbocycles. The third kappa shape index (κ3) is 4.77. The van der Waals surface area contributed by atoms with Gasteiger partial charge in [0.2, 0.25) is 0 Å². The van der Waals surface area contributed by atoms with E-state index >= 15 is 0 Å². The van der Waals surface area contributed by atoms with Gasteiger partial charge in [-0.15, -0.1) is 0 Å². The van der Waals surface area contributed by atoms with Crippen LogP contribution in [0, 0.1) is 0 Å². The highest BCUT2D eigenvalue weighted by atomic mass is 79.9. The quantitative estimate of drug-likeness (QED) is 0.684. The first kappa shape index (κ1) is 14.0. The van der Waals surface area contributed by atoms with Crippen LogP contribution in [0.3, 0.4) is 0 Å². The molecule has 4 heteroatoms. The zero-order chi connectivity index (χ0) is 12.7. The second-order valence-corrected chi connectivity index (χ2v) is 4.87. The molecule has 1 N–H and O–H groups in total. The fourth-order valence-electron chi connectivity index (χ4n) is 1.56. The van der Waals surface area contributed by atoms with Gasteiger partial charge in [0.15, 0.2) is 5.96 Å². The Hall–Kier alpha value is -1.03. The fourth-order valence-corrected chi connectivity index (χ4v) is 1.82. The fraction of sp³-hybridized carbons (Fsp3) is 0.462. The van der Waals surface area contributed by atoms with E-state index in [1.54, 1.807) is 0 Å². The van der Waals surface area contributed by atoms with Gasteiger partial charge in [0, 0.05) is 31.7 Å². The maximum absolute atomic E-state index is 4.26. The van der Waals surface area contributed by atoms with Gasteiger partial charge in [-0.2, -0.15) is 0 Å². The molecule has 0 fully saturated rings. The van der Waals surface area contributed by atoms with Crippen LogP contribution < -0.4 is 5.32 Å². The summed E-state index contributed by atoms with van der Waals surface area (Å²) in [6, 6.07) is 8.36. The van der Waals surface area contributed by atoms with Crippen LogP contribution in [-0.2, 0) is 6.54 Å². The highest BCUT2D eigenvalue weighted by Crippen LogP contribution is 2.11. The molecule has 0 saturated heterocycles. The number of benzene rings is 1. The number of rotatable bonds is 4. The number of guanidine groups is 1. The van der Waals surface area contributed by atoms with E-state index in [1.807, 2.05) is 14.1 Å². The lowest BCUT2D eigenvalue weighted by Crippen LogP contribution is -2.38. The summed E-state index contributed by atoms with van der Waals surface area (Å²) in [5.74, 6) is 0.940. The van der Waals surface area contributed by atoms with E-state index in [0.29, 0.717) is 0 Å². The van der Waals surface area contributed by atoms with Gasteiger partial charge in [0.25, 0.3) is 0 Å². The Morgan fingerprint density at radius 1 is 1.35 bits per heavy atom. The number of aliphatic imine (C=N–C) groups is 1. The monoisotopic (exact) mass is 297 g/mol. The molecule has 1 aromatic rings. The van der Waals surface area contributed by atoms with E-state index < -0.39 is 0 Å². The van der Waals surface area contributed by atoms with Crippen molar-refractivity contribution in [2.24, 2.45) is 4.99 Å². The average molecular weight is 298 g/mol. The first-order valence-electron chi connectivity index (χ1n) is 5.83. The van der Waals surface area contributed by atoms with Crippen molar-refractivity contribution in [3.8, 4) is 0 Å². The SMILES string of the molecule is CCCNC(=NC)N(C)Cc1ccc(Br)cc1.